The van der Waals surface area contributed by atoms with Gasteiger partial charge in [-0.15, -0.1) is 0 Å². The van der Waals surface area contributed by atoms with E-state index in [1.165, 1.54) is 5.69 Å². The summed E-state index contributed by atoms with van der Waals surface area (Å²) in [6.45, 7) is 12.5. The van der Waals surface area contributed by atoms with Crippen LogP contribution in [0.3, 0.4) is 0 Å². The van der Waals surface area contributed by atoms with Gasteiger partial charge >= 0.3 is 0 Å². The Hall–Kier alpha value is -2.38. The number of benzene rings is 1. The van der Waals surface area contributed by atoms with Crippen molar-refractivity contribution >= 4 is 11.6 Å². The summed E-state index contributed by atoms with van der Waals surface area (Å²) in [4.78, 5) is 19.5. The molecule has 7 nitrogen and oxygen atoms in total. The molecule has 2 aliphatic rings. The van der Waals surface area contributed by atoms with E-state index < -0.39 is 0 Å². The Labute approximate surface area is 198 Å². The highest BCUT2D eigenvalue weighted by atomic mass is 16.5. The van der Waals surface area contributed by atoms with Gasteiger partial charge in [0.1, 0.15) is 0 Å². The average Bonchev–Trinajstić information content (AvgIpc) is 3.29. The van der Waals surface area contributed by atoms with Crippen LogP contribution >= 0.6 is 0 Å². The number of nitrogens with zero attached hydrogens (tertiary/aromatic N) is 4. The van der Waals surface area contributed by atoms with Crippen molar-refractivity contribution in [1.29, 1.82) is 0 Å². The van der Waals surface area contributed by atoms with Gasteiger partial charge in [0.2, 0.25) is 5.91 Å². The lowest BCUT2D eigenvalue weighted by Gasteiger charge is -2.35. The molecule has 1 N–H and O–H groups in total. The van der Waals surface area contributed by atoms with E-state index in [4.69, 9.17) is 4.52 Å². The second-order valence-electron chi connectivity index (χ2n) is 9.37. The van der Waals surface area contributed by atoms with Crippen LogP contribution in [-0.2, 0) is 17.8 Å². The first-order chi connectivity index (χ1) is 16.2. The van der Waals surface area contributed by atoms with Crippen molar-refractivity contribution in [3.63, 3.8) is 0 Å². The van der Waals surface area contributed by atoms with E-state index in [0.29, 0.717) is 18.3 Å². The zero-order chi connectivity index (χ0) is 23.0. The van der Waals surface area contributed by atoms with Crippen LogP contribution in [0.4, 0.5) is 5.69 Å². The number of carbonyl (C=O) groups excluding carboxylic acids is 1. The number of hydrogen-bond acceptors (Lipinski definition) is 6. The molecule has 1 amide bonds. The highest BCUT2D eigenvalue weighted by molar-refractivity contribution is 5.76. The van der Waals surface area contributed by atoms with Gasteiger partial charge in [-0.2, -0.15) is 0 Å². The second-order valence-corrected chi connectivity index (χ2v) is 9.37. The molecule has 0 saturated carbocycles. The van der Waals surface area contributed by atoms with E-state index >= 15 is 0 Å². The molecular formula is C26H39N5O2. The monoisotopic (exact) mass is 453 g/mol. The minimum Gasteiger partial charge on any atom is -0.369 e. The molecule has 7 heteroatoms. The lowest BCUT2D eigenvalue weighted by molar-refractivity contribution is -0.132. The molecular weight excluding hydrogens is 414 g/mol. The van der Waals surface area contributed by atoms with Gasteiger partial charge in [0.25, 0.3) is 0 Å². The fourth-order valence-corrected chi connectivity index (χ4v) is 5.23. The fraction of sp³-hybridized carbons (Fsp3) is 0.615. The number of para-hydroxylation sites is 1. The van der Waals surface area contributed by atoms with Crippen molar-refractivity contribution in [3.8, 4) is 0 Å². The van der Waals surface area contributed by atoms with Crippen LogP contribution < -0.4 is 10.2 Å². The van der Waals surface area contributed by atoms with Crippen LogP contribution in [-0.4, -0.2) is 73.2 Å². The van der Waals surface area contributed by atoms with E-state index in [2.05, 4.69) is 70.5 Å². The molecule has 2 aromatic rings. The minimum atomic E-state index is 0.285. The Balaban J connectivity index is 1.27. The molecule has 1 aromatic heterocycles. The lowest BCUT2D eigenvalue weighted by Crippen LogP contribution is -2.45. The highest BCUT2D eigenvalue weighted by Crippen LogP contribution is 2.27. The summed E-state index contributed by atoms with van der Waals surface area (Å²) in [7, 11) is 0. The molecule has 0 spiro atoms. The molecule has 0 bridgehead atoms. The Bertz CT molecular complexity index is 859. The minimum absolute atomic E-state index is 0.285. The number of piperazine rings is 1. The first-order valence-electron chi connectivity index (χ1n) is 12.6. The maximum absolute atomic E-state index is 12.7. The number of carbonyl (C=O) groups is 1. The first kappa shape index (κ1) is 23.8. The normalized spacial score (nSPS) is 21.8. The number of anilines is 1. The van der Waals surface area contributed by atoms with Gasteiger partial charge in [-0.1, -0.05) is 23.4 Å². The zero-order valence-electron chi connectivity index (χ0n) is 20.2. The summed E-state index contributed by atoms with van der Waals surface area (Å²) < 4.78 is 5.71. The molecule has 2 aliphatic heterocycles. The van der Waals surface area contributed by atoms with Gasteiger partial charge in [-0.3, -0.25) is 9.69 Å². The predicted molar refractivity (Wildman–Crippen MR) is 131 cm³/mol. The average molecular weight is 454 g/mol. The van der Waals surface area contributed by atoms with E-state index in [1.807, 2.05) is 4.90 Å². The summed E-state index contributed by atoms with van der Waals surface area (Å²) in [6, 6.07) is 12.8. The number of aromatic nitrogens is 1. The topological polar surface area (TPSA) is 64.9 Å². The summed E-state index contributed by atoms with van der Waals surface area (Å²) in [5.74, 6) is 2.06. The van der Waals surface area contributed by atoms with Gasteiger partial charge < -0.3 is 19.6 Å². The van der Waals surface area contributed by atoms with E-state index in [-0.39, 0.29) is 5.91 Å². The predicted octanol–water partition coefficient (Wildman–Crippen LogP) is 3.02. The Morgan fingerprint density at radius 1 is 1.12 bits per heavy atom. The van der Waals surface area contributed by atoms with Crippen molar-refractivity contribution < 1.29 is 9.32 Å². The van der Waals surface area contributed by atoms with Crippen molar-refractivity contribution in [2.45, 2.75) is 39.7 Å². The van der Waals surface area contributed by atoms with Crippen molar-refractivity contribution in [1.82, 2.24) is 20.3 Å². The smallest absolute Gasteiger partial charge is 0.222 e. The maximum atomic E-state index is 12.7. The number of piperidine rings is 1. The lowest BCUT2D eigenvalue weighted by atomic mass is 9.81. The number of amides is 1. The first-order valence-corrected chi connectivity index (χ1v) is 12.6. The fourth-order valence-electron chi connectivity index (χ4n) is 5.23. The summed E-state index contributed by atoms with van der Waals surface area (Å²) in [5, 5.41) is 7.89. The molecule has 2 atom stereocenters. The van der Waals surface area contributed by atoms with Gasteiger partial charge in [0.15, 0.2) is 5.76 Å². The van der Waals surface area contributed by atoms with Crippen LogP contribution in [0.25, 0.3) is 0 Å². The van der Waals surface area contributed by atoms with Crippen LogP contribution in [0.5, 0.6) is 0 Å². The summed E-state index contributed by atoms with van der Waals surface area (Å²) >= 11 is 0. The third kappa shape index (κ3) is 6.36. The Kier molecular flexibility index (Phi) is 8.40. The molecule has 1 aromatic carbocycles. The molecule has 0 radical (unpaired) electrons. The van der Waals surface area contributed by atoms with Crippen molar-refractivity contribution in [3.05, 3.63) is 47.9 Å². The van der Waals surface area contributed by atoms with Gasteiger partial charge in [-0.25, -0.2) is 0 Å². The highest BCUT2D eigenvalue weighted by Gasteiger charge is 2.29. The number of nitrogens with one attached hydrogen (secondary N) is 1. The summed E-state index contributed by atoms with van der Waals surface area (Å²) in [5.41, 5.74) is 2.32. The molecule has 2 saturated heterocycles. The molecule has 180 valence electrons. The molecule has 33 heavy (non-hydrogen) atoms. The van der Waals surface area contributed by atoms with Crippen molar-refractivity contribution in [2.75, 3.05) is 57.3 Å². The summed E-state index contributed by atoms with van der Waals surface area (Å²) in [6.07, 6.45) is 2.56. The maximum Gasteiger partial charge on any atom is 0.222 e. The quantitative estimate of drug-likeness (QED) is 0.630. The van der Waals surface area contributed by atoms with E-state index in [0.717, 1.165) is 83.2 Å². The Morgan fingerprint density at radius 2 is 1.88 bits per heavy atom. The van der Waals surface area contributed by atoms with Gasteiger partial charge in [0.05, 0.1) is 12.2 Å². The molecule has 3 heterocycles. The molecule has 4 rings (SSSR count). The van der Waals surface area contributed by atoms with Gasteiger partial charge in [-0.05, 0) is 63.7 Å². The van der Waals surface area contributed by atoms with Crippen molar-refractivity contribution in [2.24, 2.45) is 11.8 Å². The van der Waals surface area contributed by atoms with E-state index in [9.17, 15) is 4.79 Å². The van der Waals surface area contributed by atoms with E-state index in [1.54, 1.807) is 0 Å². The van der Waals surface area contributed by atoms with Crippen LogP contribution in [0, 0.1) is 11.8 Å². The molecule has 0 unspecified atom stereocenters. The standard InChI is InChI=1S/C26H39N5O2/c1-3-30(4-2)26(32)17-21-10-11-27-19-22(21)16-23-18-25(33-28-23)20-29-12-14-31(15-13-29)24-8-6-5-7-9-24/h5-9,18,21-22,27H,3-4,10-17,19-20H2,1-2H3/t21-,22+/m1/s1. The van der Waals surface area contributed by atoms with Crippen LogP contribution in [0.15, 0.2) is 40.9 Å². The largest absolute Gasteiger partial charge is 0.369 e. The number of rotatable bonds is 9. The number of hydrogen-bond donors (Lipinski definition) is 1. The zero-order valence-corrected chi connectivity index (χ0v) is 20.2. The Morgan fingerprint density at radius 3 is 2.61 bits per heavy atom. The van der Waals surface area contributed by atoms with Crippen LogP contribution in [0.1, 0.15) is 38.1 Å². The van der Waals surface area contributed by atoms with Crippen LogP contribution in [0.2, 0.25) is 0 Å². The van der Waals surface area contributed by atoms with Gasteiger partial charge in [0, 0.05) is 57.4 Å². The second kappa shape index (κ2) is 11.7. The third-order valence-corrected chi connectivity index (χ3v) is 7.27. The third-order valence-electron chi connectivity index (χ3n) is 7.27. The molecule has 2 fully saturated rings. The molecule has 0 aliphatic carbocycles. The SMILES string of the molecule is CCN(CC)C(=O)C[C@H]1CCNC[C@@H]1Cc1cc(CN2CCN(c3ccccc3)CC2)on1.